The van der Waals surface area contributed by atoms with Crippen LogP contribution in [0.15, 0.2) is 66.7 Å². The minimum absolute atomic E-state index is 0.662. The average Bonchev–Trinajstić information content (AvgIpc) is 2.62. The monoisotopic (exact) mass is 294 g/mol. The van der Waals surface area contributed by atoms with E-state index in [1.807, 2.05) is 54.6 Å². The van der Waals surface area contributed by atoms with Gasteiger partial charge in [0.1, 0.15) is 0 Å². The summed E-state index contributed by atoms with van der Waals surface area (Å²) in [6.45, 7) is 2.10. The van der Waals surface area contributed by atoms with Crippen molar-refractivity contribution in [2.75, 3.05) is 0 Å². The SMILES string of the molecule is Cc1c(-c2ccc(C#N)cc2)cccc1-c1ccc(C#N)cc1. The quantitative estimate of drug-likeness (QED) is 0.662. The van der Waals surface area contributed by atoms with Gasteiger partial charge in [0.15, 0.2) is 0 Å². The Balaban J connectivity index is 2.07. The highest BCUT2D eigenvalue weighted by atomic mass is 14.2. The molecule has 3 aromatic carbocycles. The van der Waals surface area contributed by atoms with Gasteiger partial charge in [-0.05, 0) is 59.0 Å². The van der Waals surface area contributed by atoms with Crippen molar-refractivity contribution in [2.24, 2.45) is 0 Å². The van der Waals surface area contributed by atoms with Crippen molar-refractivity contribution < 1.29 is 0 Å². The highest BCUT2D eigenvalue weighted by Crippen LogP contribution is 2.31. The summed E-state index contributed by atoms with van der Waals surface area (Å²) in [7, 11) is 0. The van der Waals surface area contributed by atoms with Gasteiger partial charge in [0.05, 0.1) is 23.3 Å². The zero-order chi connectivity index (χ0) is 16.2. The summed E-state index contributed by atoms with van der Waals surface area (Å²) in [5.74, 6) is 0. The fraction of sp³-hybridized carbons (Fsp3) is 0.0476. The van der Waals surface area contributed by atoms with Crippen LogP contribution >= 0.6 is 0 Å². The van der Waals surface area contributed by atoms with Gasteiger partial charge in [0.25, 0.3) is 0 Å². The first-order chi connectivity index (χ1) is 11.2. The molecule has 0 bridgehead atoms. The first-order valence-electron chi connectivity index (χ1n) is 7.33. The predicted octanol–water partition coefficient (Wildman–Crippen LogP) is 5.07. The Kier molecular flexibility index (Phi) is 3.91. The maximum atomic E-state index is 8.92. The van der Waals surface area contributed by atoms with E-state index in [1.165, 1.54) is 5.56 Å². The third-order valence-electron chi connectivity index (χ3n) is 3.98. The van der Waals surface area contributed by atoms with E-state index in [4.69, 9.17) is 10.5 Å². The molecule has 0 N–H and O–H groups in total. The van der Waals surface area contributed by atoms with Gasteiger partial charge in [0.2, 0.25) is 0 Å². The molecule has 2 heteroatoms. The summed E-state index contributed by atoms with van der Waals surface area (Å²) in [6, 6.07) is 25.7. The Morgan fingerprint density at radius 1 is 0.609 bits per heavy atom. The fourth-order valence-corrected chi connectivity index (χ4v) is 2.71. The maximum absolute atomic E-state index is 8.92. The molecule has 0 saturated heterocycles. The second-order valence-electron chi connectivity index (χ2n) is 5.36. The van der Waals surface area contributed by atoms with Crippen molar-refractivity contribution in [2.45, 2.75) is 6.92 Å². The molecule has 0 saturated carbocycles. The molecule has 108 valence electrons. The van der Waals surface area contributed by atoms with E-state index in [9.17, 15) is 0 Å². The van der Waals surface area contributed by atoms with Crippen LogP contribution < -0.4 is 0 Å². The first-order valence-corrected chi connectivity index (χ1v) is 7.33. The van der Waals surface area contributed by atoms with Crippen molar-refractivity contribution in [3.8, 4) is 34.4 Å². The molecule has 23 heavy (non-hydrogen) atoms. The Morgan fingerprint density at radius 2 is 1.00 bits per heavy atom. The molecule has 0 aliphatic carbocycles. The Labute approximate surface area is 135 Å². The van der Waals surface area contributed by atoms with Crippen LogP contribution in [0, 0.1) is 29.6 Å². The highest BCUT2D eigenvalue weighted by molar-refractivity contribution is 5.78. The lowest BCUT2D eigenvalue weighted by Crippen LogP contribution is -1.89. The predicted molar refractivity (Wildman–Crippen MR) is 91.5 cm³/mol. The molecule has 0 heterocycles. The molecule has 0 amide bonds. The van der Waals surface area contributed by atoms with Gasteiger partial charge in [-0.3, -0.25) is 0 Å². The summed E-state index contributed by atoms with van der Waals surface area (Å²) in [5.41, 5.74) is 6.99. The zero-order valence-electron chi connectivity index (χ0n) is 12.7. The summed E-state index contributed by atoms with van der Waals surface area (Å²) in [6.07, 6.45) is 0. The van der Waals surface area contributed by atoms with Crippen LogP contribution in [0.25, 0.3) is 22.3 Å². The van der Waals surface area contributed by atoms with E-state index in [0.717, 1.165) is 22.3 Å². The Morgan fingerprint density at radius 3 is 1.35 bits per heavy atom. The maximum Gasteiger partial charge on any atom is 0.0991 e. The molecule has 0 unspecified atom stereocenters. The molecule has 2 nitrogen and oxygen atoms in total. The molecule has 0 aliphatic heterocycles. The molecule has 0 spiro atoms. The number of hydrogen-bond acceptors (Lipinski definition) is 2. The van der Waals surface area contributed by atoms with Crippen molar-refractivity contribution in [3.63, 3.8) is 0 Å². The minimum atomic E-state index is 0.662. The number of hydrogen-bond donors (Lipinski definition) is 0. The van der Waals surface area contributed by atoms with Gasteiger partial charge < -0.3 is 0 Å². The molecular weight excluding hydrogens is 280 g/mol. The van der Waals surface area contributed by atoms with E-state index in [2.05, 4.69) is 31.2 Å². The van der Waals surface area contributed by atoms with Gasteiger partial charge in [-0.2, -0.15) is 10.5 Å². The number of benzene rings is 3. The van der Waals surface area contributed by atoms with Crippen LogP contribution in [0.4, 0.5) is 0 Å². The topological polar surface area (TPSA) is 47.6 Å². The lowest BCUT2D eigenvalue weighted by Gasteiger charge is -2.12. The van der Waals surface area contributed by atoms with Gasteiger partial charge in [0, 0.05) is 0 Å². The lowest BCUT2D eigenvalue weighted by molar-refractivity contribution is 1.43. The van der Waals surface area contributed by atoms with Gasteiger partial charge in [-0.1, -0.05) is 42.5 Å². The van der Waals surface area contributed by atoms with E-state index in [0.29, 0.717) is 11.1 Å². The van der Waals surface area contributed by atoms with Crippen LogP contribution in [0.5, 0.6) is 0 Å². The van der Waals surface area contributed by atoms with Gasteiger partial charge in [-0.25, -0.2) is 0 Å². The lowest BCUT2D eigenvalue weighted by atomic mass is 9.92. The zero-order valence-corrected chi connectivity index (χ0v) is 12.7. The number of nitrogens with zero attached hydrogens (tertiary/aromatic N) is 2. The molecular formula is C21H14N2. The van der Waals surface area contributed by atoms with Crippen LogP contribution in [0.1, 0.15) is 16.7 Å². The van der Waals surface area contributed by atoms with E-state index >= 15 is 0 Å². The van der Waals surface area contributed by atoms with Crippen molar-refractivity contribution >= 4 is 0 Å². The molecule has 0 aliphatic rings. The third kappa shape index (κ3) is 2.84. The van der Waals surface area contributed by atoms with Crippen molar-refractivity contribution in [1.82, 2.24) is 0 Å². The first kappa shape index (κ1) is 14.6. The van der Waals surface area contributed by atoms with Gasteiger partial charge in [-0.15, -0.1) is 0 Å². The fourth-order valence-electron chi connectivity index (χ4n) is 2.71. The third-order valence-corrected chi connectivity index (χ3v) is 3.98. The van der Waals surface area contributed by atoms with E-state index in [1.54, 1.807) is 0 Å². The van der Waals surface area contributed by atoms with Gasteiger partial charge >= 0.3 is 0 Å². The summed E-state index contributed by atoms with van der Waals surface area (Å²) in [5, 5.41) is 17.8. The van der Waals surface area contributed by atoms with Crippen LogP contribution in [0.3, 0.4) is 0 Å². The average molecular weight is 294 g/mol. The summed E-state index contributed by atoms with van der Waals surface area (Å²) >= 11 is 0. The molecule has 0 fully saturated rings. The highest BCUT2D eigenvalue weighted by Gasteiger charge is 2.08. The Hall–Kier alpha value is -3.36. The summed E-state index contributed by atoms with van der Waals surface area (Å²) < 4.78 is 0. The Bertz CT molecular complexity index is 846. The molecule has 3 aromatic rings. The molecule has 0 radical (unpaired) electrons. The normalized spacial score (nSPS) is 9.87. The summed E-state index contributed by atoms with van der Waals surface area (Å²) in [4.78, 5) is 0. The number of rotatable bonds is 2. The molecule has 0 atom stereocenters. The second kappa shape index (κ2) is 6.18. The minimum Gasteiger partial charge on any atom is -0.192 e. The smallest absolute Gasteiger partial charge is 0.0991 e. The van der Waals surface area contributed by atoms with Crippen molar-refractivity contribution in [1.29, 1.82) is 10.5 Å². The standard InChI is InChI=1S/C21H14N2/c1-15-20(18-9-5-16(13-22)6-10-18)3-2-4-21(15)19-11-7-17(14-23)8-12-19/h2-12H,1H3. The van der Waals surface area contributed by atoms with Crippen LogP contribution in [-0.4, -0.2) is 0 Å². The second-order valence-corrected chi connectivity index (χ2v) is 5.36. The van der Waals surface area contributed by atoms with Crippen LogP contribution in [-0.2, 0) is 0 Å². The molecule has 3 rings (SSSR count). The largest absolute Gasteiger partial charge is 0.192 e. The van der Waals surface area contributed by atoms with Crippen LogP contribution in [0.2, 0.25) is 0 Å². The van der Waals surface area contributed by atoms with E-state index in [-0.39, 0.29) is 0 Å². The molecule has 0 aromatic heterocycles. The van der Waals surface area contributed by atoms with Crippen molar-refractivity contribution in [3.05, 3.63) is 83.4 Å². The number of nitriles is 2. The van der Waals surface area contributed by atoms with E-state index < -0.39 is 0 Å².